The van der Waals surface area contributed by atoms with Gasteiger partial charge in [0, 0.05) is 18.3 Å². The van der Waals surface area contributed by atoms with Crippen LogP contribution in [0.15, 0.2) is 6.20 Å². The Morgan fingerprint density at radius 1 is 1.45 bits per heavy atom. The van der Waals surface area contributed by atoms with E-state index in [0.29, 0.717) is 18.0 Å². The van der Waals surface area contributed by atoms with Crippen molar-refractivity contribution < 1.29 is 9.90 Å². The molecule has 1 aromatic heterocycles. The van der Waals surface area contributed by atoms with Gasteiger partial charge in [-0.15, -0.1) is 0 Å². The molecule has 0 saturated carbocycles. The van der Waals surface area contributed by atoms with Crippen LogP contribution in [0.2, 0.25) is 0 Å². The molecule has 1 amide bonds. The van der Waals surface area contributed by atoms with Gasteiger partial charge in [0.05, 0.1) is 23.9 Å². The predicted molar refractivity (Wildman–Crippen MR) is 86.9 cm³/mol. The summed E-state index contributed by atoms with van der Waals surface area (Å²) in [6, 6.07) is 0.511. The van der Waals surface area contributed by atoms with Crippen molar-refractivity contribution in [3.8, 4) is 0 Å². The van der Waals surface area contributed by atoms with Gasteiger partial charge in [0.1, 0.15) is 0 Å². The van der Waals surface area contributed by atoms with Gasteiger partial charge in [-0.3, -0.25) is 9.48 Å². The van der Waals surface area contributed by atoms with Gasteiger partial charge in [-0.2, -0.15) is 5.10 Å². The maximum absolute atomic E-state index is 12.9. The van der Waals surface area contributed by atoms with Crippen LogP contribution in [-0.4, -0.2) is 44.4 Å². The molecule has 2 rings (SSSR count). The SMILES string of the molecule is CCC(CC)n1ncc(C(=O)N2CCCC2CC(C)O)c1C. The van der Waals surface area contributed by atoms with E-state index in [0.717, 1.165) is 37.9 Å². The van der Waals surface area contributed by atoms with Crippen molar-refractivity contribution in [2.75, 3.05) is 6.54 Å². The van der Waals surface area contributed by atoms with Gasteiger partial charge in [0.2, 0.25) is 0 Å². The number of aromatic nitrogens is 2. The maximum atomic E-state index is 12.9. The molecular formula is C17H29N3O2. The standard InChI is InChI=1S/C17H29N3O2/c1-5-14(6-2)20-13(4)16(11-18-20)17(22)19-9-7-8-15(19)10-12(3)21/h11-12,14-15,21H,5-10H2,1-4H3. The van der Waals surface area contributed by atoms with Gasteiger partial charge < -0.3 is 10.0 Å². The fourth-order valence-corrected chi connectivity index (χ4v) is 3.53. The van der Waals surface area contributed by atoms with Crippen LogP contribution < -0.4 is 0 Å². The first kappa shape index (κ1) is 17.0. The first-order chi connectivity index (χ1) is 10.5. The summed E-state index contributed by atoms with van der Waals surface area (Å²) in [6.45, 7) is 8.85. The molecule has 2 unspecified atom stereocenters. The topological polar surface area (TPSA) is 58.4 Å². The highest BCUT2D eigenvalue weighted by molar-refractivity contribution is 5.95. The van der Waals surface area contributed by atoms with Gasteiger partial charge >= 0.3 is 0 Å². The van der Waals surface area contributed by atoms with E-state index in [1.165, 1.54) is 0 Å². The fraction of sp³-hybridized carbons (Fsp3) is 0.765. The lowest BCUT2D eigenvalue weighted by Gasteiger charge is -2.25. The van der Waals surface area contributed by atoms with Crippen LogP contribution in [0.25, 0.3) is 0 Å². The zero-order valence-electron chi connectivity index (χ0n) is 14.2. The molecule has 124 valence electrons. The van der Waals surface area contributed by atoms with E-state index in [1.807, 2.05) is 16.5 Å². The number of hydrogen-bond acceptors (Lipinski definition) is 3. The molecule has 0 spiro atoms. The number of carbonyl (C=O) groups excluding carboxylic acids is 1. The second kappa shape index (κ2) is 7.27. The van der Waals surface area contributed by atoms with Crippen molar-refractivity contribution in [1.29, 1.82) is 0 Å². The summed E-state index contributed by atoms with van der Waals surface area (Å²) < 4.78 is 1.99. The second-order valence-corrected chi connectivity index (χ2v) is 6.44. The minimum absolute atomic E-state index is 0.0675. The van der Waals surface area contributed by atoms with E-state index in [2.05, 4.69) is 18.9 Å². The van der Waals surface area contributed by atoms with Crippen molar-refractivity contribution in [2.45, 2.75) is 78.0 Å². The number of hydrogen-bond donors (Lipinski definition) is 1. The van der Waals surface area contributed by atoms with E-state index >= 15 is 0 Å². The number of likely N-dealkylation sites (tertiary alicyclic amines) is 1. The monoisotopic (exact) mass is 307 g/mol. The van der Waals surface area contributed by atoms with Crippen LogP contribution in [0.3, 0.4) is 0 Å². The molecule has 1 fully saturated rings. The first-order valence-corrected chi connectivity index (χ1v) is 8.52. The summed E-state index contributed by atoms with van der Waals surface area (Å²) >= 11 is 0. The summed E-state index contributed by atoms with van der Waals surface area (Å²) in [5.41, 5.74) is 1.67. The van der Waals surface area contributed by atoms with Crippen LogP contribution >= 0.6 is 0 Å². The minimum Gasteiger partial charge on any atom is -0.393 e. The molecular weight excluding hydrogens is 278 g/mol. The zero-order valence-corrected chi connectivity index (χ0v) is 14.2. The average molecular weight is 307 g/mol. The third-order valence-electron chi connectivity index (χ3n) is 4.81. The number of amides is 1. The summed E-state index contributed by atoms with van der Waals surface area (Å²) in [5, 5.41) is 14.1. The quantitative estimate of drug-likeness (QED) is 0.879. The van der Waals surface area contributed by atoms with Crippen LogP contribution in [0.4, 0.5) is 0 Å². The molecule has 22 heavy (non-hydrogen) atoms. The van der Waals surface area contributed by atoms with Gasteiger partial charge in [-0.25, -0.2) is 0 Å². The van der Waals surface area contributed by atoms with Crippen LogP contribution in [0.1, 0.15) is 75.0 Å². The Morgan fingerprint density at radius 3 is 2.73 bits per heavy atom. The Balaban J connectivity index is 2.19. The molecule has 0 aromatic carbocycles. The van der Waals surface area contributed by atoms with Crippen molar-refractivity contribution in [2.24, 2.45) is 0 Å². The Bertz CT molecular complexity index is 506. The highest BCUT2D eigenvalue weighted by Gasteiger charge is 2.32. The molecule has 1 saturated heterocycles. The molecule has 5 nitrogen and oxygen atoms in total. The Kier molecular flexibility index (Phi) is 5.62. The Hall–Kier alpha value is -1.36. The molecule has 0 bridgehead atoms. The minimum atomic E-state index is -0.369. The molecule has 0 radical (unpaired) electrons. The normalized spacial score (nSPS) is 19.9. The van der Waals surface area contributed by atoms with Crippen LogP contribution in [0, 0.1) is 6.92 Å². The molecule has 5 heteroatoms. The lowest BCUT2D eigenvalue weighted by molar-refractivity contribution is 0.0681. The predicted octanol–water partition coefficient (Wildman–Crippen LogP) is 2.93. The van der Waals surface area contributed by atoms with Crippen LogP contribution in [-0.2, 0) is 0 Å². The van der Waals surface area contributed by atoms with Crippen molar-refractivity contribution >= 4 is 5.91 Å². The fourth-order valence-electron chi connectivity index (χ4n) is 3.53. The third kappa shape index (κ3) is 3.35. The average Bonchev–Trinajstić information content (AvgIpc) is 3.07. The van der Waals surface area contributed by atoms with Gasteiger partial charge in [-0.1, -0.05) is 13.8 Å². The molecule has 1 aliphatic rings. The number of aliphatic hydroxyl groups excluding tert-OH is 1. The maximum Gasteiger partial charge on any atom is 0.257 e. The smallest absolute Gasteiger partial charge is 0.257 e. The van der Waals surface area contributed by atoms with Crippen molar-refractivity contribution in [3.63, 3.8) is 0 Å². The molecule has 1 aliphatic heterocycles. The van der Waals surface area contributed by atoms with E-state index in [9.17, 15) is 9.90 Å². The molecule has 2 atom stereocenters. The summed E-state index contributed by atoms with van der Waals surface area (Å²) in [4.78, 5) is 14.8. The number of nitrogens with zero attached hydrogens (tertiary/aromatic N) is 3. The van der Waals surface area contributed by atoms with E-state index < -0.39 is 0 Å². The van der Waals surface area contributed by atoms with E-state index in [4.69, 9.17) is 0 Å². The number of aliphatic hydroxyl groups is 1. The third-order valence-corrected chi connectivity index (χ3v) is 4.81. The van der Waals surface area contributed by atoms with Crippen molar-refractivity contribution in [1.82, 2.24) is 14.7 Å². The Morgan fingerprint density at radius 2 is 2.14 bits per heavy atom. The number of carbonyl (C=O) groups is 1. The molecule has 1 aromatic rings. The Labute approximate surface area is 133 Å². The summed E-state index contributed by atoms with van der Waals surface area (Å²) in [7, 11) is 0. The summed E-state index contributed by atoms with van der Waals surface area (Å²) in [5.74, 6) is 0.0675. The highest BCUT2D eigenvalue weighted by atomic mass is 16.3. The van der Waals surface area contributed by atoms with E-state index in [-0.39, 0.29) is 18.1 Å². The summed E-state index contributed by atoms with van der Waals surface area (Å²) in [6.07, 6.45) is 6.03. The zero-order chi connectivity index (χ0) is 16.3. The van der Waals surface area contributed by atoms with Gasteiger partial charge in [0.15, 0.2) is 0 Å². The molecule has 1 N–H and O–H groups in total. The van der Waals surface area contributed by atoms with Crippen LogP contribution in [0.5, 0.6) is 0 Å². The number of rotatable bonds is 6. The second-order valence-electron chi connectivity index (χ2n) is 6.44. The van der Waals surface area contributed by atoms with Gasteiger partial charge in [0.25, 0.3) is 5.91 Å². The highest BCUT2D eigenvalue weighted by Crippen LogP contribution is 2.26. The first-order valence-electron chi connectivity index (χ1n) is 8.52. The van der Waals surface area contributed by atoms with Crippen molar-refractivity contribution in [3.05, 3.63) is 17.5 Å². The molecule has 0 aliphatic carbocycles. The van der Waals surface area contributed by atoms with E-state index in [1.54, 1.807) is 13.1 Å². The largest absolute Gasteiger partial charge is 0.393 e. The lowest BCUT2D eigenvalue weighted by Crippen LogP contribution is -2.37. The lowest BCUT2D eigenvalue weighted by atomic mass is 10.1. The molecule has 2 heterocycles. The van der Waals surface area contributed by atoms with Gasteiger partial charge in [-0.05, 0) is 46.0 Å².